The molecule has 8 heteroatoms. The summed E-state index contributed by atoms with van der Waals surface area (Å²) in [6.07, 6.45) is 5.05. The Hall–Kier alpha value is -3.32. The molecule has 1 saturated carbocycles. The first kappa shape index (κ1) is 23.4. The fourth-order valence-corrected chi connectivity index (χ4v) is 4.75. The van der Waals surface area contributed by atoms with Crippen molar-refractivity contribution in [2.45, 2.75) is 45.3 Å². The van der Waals surface area contributed by atoms with E-state index >= 15 is 0 Å². The van der Waals surface area contributed by atoms with Crippen LogP contribution in [-0.2, 0) is 11.4 Å². The maximum absolute atomic E-state index is 13.2. The third kappa shape index (κ3) is 5.35. The van der Waals surface area contributed by atoms with Gasteiger partial charge in [-0.25, -0.2) is 0 Å². The van der Waals surface area contributed by atoms with E-state index in [0.717, 1.165) is 42.6 Å². The van der Waals surface area contributed by atoms with E-state index in [1.54, 1.807) is 4.68 Å². The van der Waals surface area contributed by atoms with E-state index in [2.05, 4.69) is 10.4 Å². The SMILES string of the molecule is Cc1cc(OCc2ccccc2)ccc1NC(=O)c1c(Cl)cnn1C1CCN(C(=O)C2CC2)CC1. The number of aromatic nitrogens is 2. The van der Waals surface area contributed by atoms with E-state index < -0.39 is 0 Å². The summed E-state index contributed by atoms with van der Waals surface area (Å²) in [6, 6.07) is 15.6. The summed E-state index contributed by atoms with van der Waals surface area (Å²) >= 11 is 6.39. The molecule has 7 nitrogen and oxygen atoms in total. The van der Waals surface area contributed by atoms with Crippen molar-refractivity contribution in [3.8, 4) is 5.75 Å². The lowest BCUT2D eigenvalue weighted by Gasteiger charge is -2.32. The van der Waals surface area contributed by atoms with Crippen LogP contribution in [0.4, 0.5) is 5.69 Å². The number of carbonyl (C=O) groups excluding carboxylic acids is 2. The molecule has 2 aromatic carbocycles. The average Bonchev–Trinajstić information content (AvgIpc) is 3.66. The van der Waals surface area contributed by atoms with Gasteiger partial charge in [0.15, 0.2) is 0 Å². The predicted octanol–water partition coefficient (Wildman–Crippen LogP) is 5.25. The molecule has 5 rings (SSSR count). The van der Waals surface area contributed by atoms with Gasteiger partial charge in [-0.05, 0) is 61.9 Å². The van der Waals surface area contributed by atoms with Crippen molar-refractivity contribution in [1.29, 1.82) is 0 Å². The quantitative estimate of drug-likeness (QED) is 0.488. The third-order valence-corrected chi connectivity index (χ3v) is 6.99. The Morgan fingerprint density at radius 3 is 2.51 bits per heavy atom. The number of benzene rings is 2. The first-order valence-corrected chi connectivity index (χ1v) is 12.5. The van der Waals surface area contributed by atoms with Gasteiger partial charge in [-0.3, -0.25) is 14.3 Å². The van der Waals surface area contributed by atoms with E-state index in [4.69, 9.17) is 16.3 Å². The maximum atomic E-state index is 13.2. The molecule has 1 aliphatic heterocycles. The molecule has 1 N–H and O–H groups in total. The molecule has 2 amide bonds. The van der Waals surface area contributed by atoms with E-state index in [1.165, 1.54) is 6.20 Å². The first-order chi connectivity index (χ1) is 17.0. The Kier molecular flexibility index (Phi) is 6.77. The minimum Gasteiger partial charge on any atom is -0.489 e. The Balaban J connectivity index is 1.23. The van der Waals surface area contributed by atoms with Crippen LogP contribution in [-0.4, -0.2) is 39.6 Å². The lowest BCUT2D eigenvalue weighted by molar-refractivity contribution is -0.133. The number of halogens is 1. The van der Waals surface area contributed by atoms with Crippen molar-refractivity contribution in [1.82, 2.24) is 14.7 Å². The molecule has 182 valence electrons. The number of piperidine rings is 1. The molecule has 0 radical (unpaired) electrons. The molecule has 2 aliphatic rings. The number of nitrogens with zero attached hydrogens (tertiary/aromatic N) is 3. The van der Waals surface area contributed by atoms with Crippen LogP contribution in [0, 0.1) is 12.8 Å². The van der Waals surface area contributed by atoms with Crippen LogP contribution in [0.2, 0.25) is 5.02 Å². The molecule has 0 atom stereocenters. The van der Waals surface area contributed by atoms with E-state index in [9.17, 15) is 9.59 Å². The van der Waals surface area contributed by atoms with Crippen molar-refractivity contribution < 1.29 is 14.3 Å². The molecular formula is C27H29ClN4O3. The van der Waals surface area contributed by atoms with E-state index in [0.29, 0.717) is 36.1 Å². The number of ether oxygens (including phenoxy) is 1. The van der Waals surface area contributed by atoms with Gasteiger partial charge in [0, 0.05) is 24.7 Å². The molecule has 2 fully saturated rings. The minimum atomic E-state index is -0.301. The van der Waals surface area contributed by atoms with E-state index in [-0.39, 0.29) is 23.8 Å². The Labute approximate surface area is 210 Å². The van der Waals surface area contributed by atoms with E-state index in [1.807, 2.05) is 60.4 Å². The van der Waals surface area contributed by atoms with Crippen molar-refractivity contribution in [2.24, 2.45) is 5.92 Å². The monoisotopic (exact) mass is 492 g/mol. The molecular weight excluding hydrogens is 464 g/mol. The fraction of sp³-hybridized carbons (Fsp3) is 0.370. The smallest absolute Gasteiger partial charge is 0.275 e. The second kappa shape index (κ2) is 10.1. The lowest BCUT2D eigenvalue weighted by atomic mass is 10.0. The van der Waals surface area contributed by atoms with Crippen LogP contribution in [0.3, 0.4) is 0 Å². The lowest BCUT2D eigenvalue weighted by Crippen LogP contribution is -2.40. The number of likely N-dealkylation sites (tertiary alicyclic amines) is 1. The second-order valence-corrected chi connectivity index (χ2v) is 9.73. The number of amides is 2. The van der Waals surface area contributed by atoms with Crippen molar-refractivity contribution in [3.63, 3.8) is 0 Å². The van der Waals surface area contributed by atoms with Gasteiger partial charge in [-0.2, -0.15) is 5.10 Å². The van der Waals surface area contributed by atoms with Crippen molar-refractivity contribution in [2.75, 3.05) is 18.4 Å². The summed E-state index contributed by atoms with van der Waals surface area (Å²) in [5.41, 5.74) is 3.02. The molecule has 2 heterocycles. The molecule has 1 aliphatic carbocycles. The molecule has 3 aromatic rings. The highest BCUT2D eigenvalue weighted by Crippen LogP contribution is 2.34. The van der Waals surface area contributed by atoms with Crippen LogP contribution in [0.15, 0.2) is 54.7 Å². The summed E-state index contributed by atoms with van der Waals surface area (Å²) < 4.78 is 7.62. The molecule has 1 saturated heterocycles. The van der Waals surface area contributed by atoms with Gasteiger partial charge in [0.25, 0.3) is 5.91 Å². The zero-order chi connectivity index (χ0) is 24.4. The Bertz CT molecular complexity index is 1210. The average molecular weight is 493 g/mol. The summed E-state index contributed by atoms with van der Waals surface area (Å²) in [4.78, 5) is 27.5. The maximum Gasteiger partial charge on any atom is 0.275 e. The fourth-order valence-electron chi connectivity index (χ4n) is 4.54. The summed E-state index contributed by atoms with van der Waals surface area (Å²) in [5.74, 6) is 0.932. The summed E-state index contributed by atoms with van der Waals surface area (Å²) in [5, 5.41) is 7.71. The molecule has 0 unspecified atom stereocenters. The molecule has 0 bridgehead atoms. The Morgan fingerprint density at radius 1 is 1.09 bits per heavy atom. The van der Waals surface area contributed by atoms with Gasteiger partial charge in [-0.15, -0.1) is 0 Å². The van der Waals surface area contributed by atoms with Gasteiger partial charge < -0.3 is 15.0 Å². The molecule has 1 aromatic heterocycles. The van der Waals surface area contributed by atoms with Crippen molar-refractivity contribution in [3.05, 3.63) is 76.6 Å². The normalized spacial score (nSPS) is 16.2. The van der Waals surface area contributed by atoms with Gasteiger partial charge in [0.2, 0.25) is 5.91 Å². The van der Waals surface area contributed by atoms with Crippen LogP contribution in [0.25, 0.3) is 0 Å². The van der Waals surface area contributed by atoms with Crippen molar-refractivity contribution >= 4 is 29.1 Å². The van der Waals surface area contributed by atoms with Crippen LogP contribution >= 0.6 is 11.6 Å². The van der Waals surface area contributed by atoms with Gasteiger partial charge in [-0.1, -0.05) is 41.9 Å². The van der Waals surface area contributed by atoms with Gasteiger partial charge in [0.1, 0.15) is 18.1 Å². The highest BCUT2D eigenvalue weighted by atomic mass is 35.5. The van der Waals surface area contributed by atoms with Crippen LogP contribution < -0.4 is 10.1 Å². The number of nitrogens with one attached hydrogen (secondary N) is 1. The zero-order valence-corrected chi connectivity index (χ0v) is 20.5. The van der Waals surface area contributed by atoms with Crippen LogP contribution in [0.1, 0.15) is 53.3 Å². The second-order valence-electron chi connectivity index (χ2n) is 9.32. The largest absolute Gasteiger partial charge is 0.489 e. The minimum absolute atomic E-state index is 0.0290. The predicted molar refractivity (Wildman–Crippen MR) is 135 cm³/mol. The highest BCUT2D eigenvalue weighted by Gasteiger charge is 2.36. The third-order valence-electron chi connectivity index (χ3n) is 6.71. The summed E-state index contributed by atoms with van der Waals surface area (Å²) in [6.45, 7) is 3.77. The number of hydrogen-bond donors (Lipinski definition) is 1. The molecule has 0 spiro atoms. The number of rotatable bonds is 7. The topological polar surface area (TPSA) is 76.5 Å². The number of carbonyl (C=O) groups is 2. The summed E-state index contributed by atoms with van der Waals surface area (Å²) in [7, 11) is 0. The Morgan fingerprint density at radius 2 is 1.83 bits per heavy atom. The van der Waals surface area contributed by atoms with Gasteiger partial charge in [0.05, 0.1) is 17.3 Å². The number of aryl methyl sites for hydroxylation is 1. The van der Waals surface area contributed by atoms with Crippen LogP contribution in [0.5, 0.6) is 5.75 Å². The molecule has 35 heavy (non-hydrogen) atoms. The number of anilines is 1. The van der Waals surface area contributed by atoms with Gasteiger partial charge >= 0.3 is 0 Å². The highest BCUT2D eigenvalue weighted by molar-refractivity contribution is 6.34. The number of hydrogen-bond acceptors (Lipinski definition) is 4. The first-order valence-electron chi connectivity index (χ1n) is 12.1. The standard InChI is InChI=1S/C27H29ClN4O3/c1-18-15-22(35-17-19-5-3-2-4-6-19)9-10-24(18)30-26(33)25-23(28)16-29-32(25)21-11-13-31(14-12-21)27(34)20-7-8-20/h2-6,9-10,15-16,20-21H,7-8,11-14,17H2,1H3,(H,30,33). The zero-order valence-electron chi connectivity index (χ0n) is 19.7.